The number of hydrogen-bond acceptors (Lipinski definition) is 2. The summed E-state index contributed by atoms with van der Waals surface area (Å²) >= 11 is 0. The van der Waals surface area contributed by atoms with Gasteiger partial charge in [-0.05, 0) is 35.7 Å². The third-order valence-corrected chi connectivity index (χ3v) is 4.58. The van der Waals surface area contributed by atoms with Crippen LogP contribution in [0.4, 0.5) is 5.69 Å². The molecule has 1 unspecified atom stereocenters. The third kappa shape index (κ3) is 2.74. The van der Waals surface area contributed by atoms with Crippen molar-refractivity contribution in [3.63, 3.8) is 0 Å². The van der Waals surface area contributed by atoms with Gasteiger partial charge >= 0.3 is 0 Å². The van der Waals surface area contributed by atoms with Gasteiger partial charge in [-0.1, -0.05) is 66.7 Å². The molecule has 0 fully saturated rings. The van der Waals surface area contributed by atoms with Gasteiger partial charge in [0.15, 0.2) is 0 Å². The Morgan fingerprint density at radius 1 is 0.800 bits per heavy atom. The molecular formula is C22H17NO2. The van der Waals surface area contributed by atoms with Gasteiger partial charge in [0.2, 0.25) is 5.91 Å². The summed E-state index contributed by atoms with van der Waals surface area (Å²) < 4.78 is 0. The maximum atomic E-state index is 13.1. The van der Waals surface area contributed by atoms with Crippen LogP contribution in [0.15, 0.2) is 84.9 Å². The Morgan fingerprint density at radius 3 is 2.12 bits per heavy atom. The molecule has 0 bridgehead atoms. The predicted molar refractivity (Wildman–Crippen MR) is 97.6 cm³/mol. The van der Waals surface area contributed by atoms with Crippen LogP contribution in [0.1, 0.15) is 27.4 Å². The number of benzene rings is 3. The largest absolute Gasteiger partial charge is 0.273 e. The maximum absolute atomic E-state index is 13.1. The molecule has 3 nitrogen and oxygen atoms in total. The van der Waals surface area contributed by atoms with Gasteiger partial charge in [0, 0.05) is 5.56 Å². The zero-order chi connectivity index (χ0) is 17.2. The second kappa shape index (κ2) is 6.36. The molecule has 0 spiro atoms. The highest BCUT2D eigenvalue weighted by atomic mass is 16.2. The first-order chi connectivity index (χ1) is 12.3. The van der Waals surface area contributed by atoms with Crippen molar-refractivity contribution < 1.29 is 9.59 Å². The molecule has 0 N–H and O–H groups in total. The topological polar surface area (TPSA) is 37.4 Å². The lowest BCUT2D eigenvalue weighted by atomic mass is 9.93. The minimum Gasteiger partial charge on any atom is -0.273 e. The number of para-hydroxylation sites is 1. The summed E-state index contributed by atoms with van der Waals surface area (Å²) in [5, 5.41) is 0. The van der Waals surface area contributed by atoms with E-state index in [-0.39, 0.29) is 17.7 Å². The fourth-order valence-electron chi connectivity index (χ4n) is 3.36. The van der Waals surface area contributed by atoms with Crippen molar-refractivity contribution >= 4 is 17.5 Å². The lowest BCUT2D eigenvalue weighted by Gasteiger charge is -2.16. The number of anilines is 1. The minimum absolute atomic E-state index is 0.154. The van der Waals surface area contributed by atoms with E-state index in [2.05, 4.69) is 0 Å². The number of hydrogen-bond donors (Lipinski definition) is 0. The first-order valence-corrected chi connectivity index (χ1v) is 8.32. The molecule has 0 radical (unpaired) electrons. The number of carbonyl (C=O) groups is 2. The fourth-order valence-corrected chi connectivity index (χ4v) is 3.36. The second-order valence-corrected chi connectivity index (χ2v) is 6.15. The van der Waals surface area contributed by atoms with Crippen molar-refractivity contribution in [1.29, 1.82) is 0 Å². The van der Waals surface area contributed by atoms with Gasteiger partial charge in [-0.3, -0.25) is 9.59 Å². The van der Waals surface area contributed by atoms with Gasteiger partial charge < -0.3 is 0 Å². The molecule has 1 heterocycles. The molecule has 0 saturated heterocycles. The van der Waals surface area contributed by atoms with E-state index in [0.717, 1.165) is 11.1 Å². The normalized spacial score (nSPS) is 15.9. The molecule has 3 aromatic rings. The van der Waals surface area contributed by atoms with Crippen LogP contribution >= 0.6 is 0 Å². The first kappa shape index (κ1) is 15.3. The number of nitrogens with zero attached hydrogens (tertiary/aromatic N) is 1. The van der Waals surface area contributed by atoms with E-state index in [1.54, 1.807) is 24.3 Å². The van der Waals surface area contributed by atoms with Crippen LogP contribution in [0, 0.1) is 0 Å². The molecule has 0 aromatic heterocycles. The van der Waals surface area contributed by atoms with Crippen LogP contribution in [-0.2, 0) is 11.2 Å². The molecule has 1 atom stereocenters. The summed E-state index contributed by atoms with van der Waals surface area (Å²) in [4.78, 5) is 27.3. The third-order valence-electron chi connectivity index (χ3n) is 4.58. The number of fused-ring (bicyclic) bond motifs is 1. The van der Waals surface area contributed by atoms with Crippen molar-refractivity contribution in [2.45, 2.75) is 12.3 Å². The Labute approximate surface area is 146 Å². The average molecular weight is 327 g/mol. The Balaban J connectivity index is 1.73. The zero-order valence-corrected chi connectivity index (χ0v) is 13.6. The van der Waals surface area contributed by atoms with Gasteiger partial charge in [-0.25, -0.2) is 4.90 Å². The van der Waals surface area contributed by atoms with Crippen LogP contribution in [0.25, 0.3) is 0 Å². The van der Waals surface area contributed by atoms with Crippen LogP contribution in [0.2, 0.25) is 0 Å². The molecule has 3 heteroatoms. The number of carbonyl (C=O) groups excluding carboxylic acids is 2. The standard InChI is InChI=1S/C22H17NO2/c24-21(17-11-5-2-6-12-17)23-20-14-8-7-13-18(20)19(22(23)25)15-16-9-3-1-4-10-16/h1-14,19H,15H2. The average Bonchev–Trinajstić information content (AvgIpc) is 2.95. The van der Waals surface area contributed by atoms with E-state index in [4.69, 9.17) is 0 Å². The molecular weight excluding hydrogens is 310 g/mol. The van der Waals surface area contributed by atoms with E-state index < -0.39 is 0 Å². The van der Waals surface area contributed by atoms with E-state index in [1.807, 2.05) is 60.7 Å². The van der Waals surface area contributed by atoms with E-state index in [0.29, 0.717) is 17.7 Å². The predicted octanol–water partition coefficient (Wildman–Crippen LogP) is 4.20. The van der Waals surface area contributed by atoms with Crippen molar-refractivity contribution in [2.24, 2.45) is 0 Å². The van der Waals surface area contributed by atoms with Crippen LogP contribution < -0.4 is 4.90 Å². The summed E-state index contributed by atoms with van der Waals surface area (Å²) in [5.74, 6) is -0.751. The lowest BCUT2D eigenvalue weighted by Crippen LogP contribution is -2.35. The lowest BCUT2D eigenvalue weighted by molar-refractivity contribution is -0.118. The van der Waals surface area contributed by atoms with Crippen molar-refractivity contribution in [3.8, 4) is 0 Å². The van der Waals surface area contributed by atoms with Gasteiger partial charge in [0.1, 0.15) is 0 Å². The smallest absolute Gasteiger partial charge is 0.265 e. The first-order valence-electron chi connectivity index (χ1n) is 8.32. The molecule has 0 aliphatic carbocycles. The molecule has 4 rings (SSSR count). The summed E-state index contributed by atoms with van der Waals surface area (Å²) in [7, 11) is 0. The number of rotatable bonds is 3. The highest BCUT2D eigenvalue weighted by molar-refractivity contribution is 6.25. The molecule has 122 valence electrons. The molecule has 2 amide bonds. The highest BCUT2D eigenvalue weighted by Crippen LogP contribution is 2.39. The number of amides is 2. The van der Waals surface area contributed by atoms with E-state index >= 15 is 0 Å². The van der Waals surface area contributed by atoms with Crippen LogP contribution in [0.5, 0.6) is 0 Å². The highest BCUT2D eigenvalue weighted by Gasteiger charge is 2.40. The van der Waals surface area contributed by atoms with Crippen LogP contribution in [0.3, 0.4) is 0 Å². The Bertz CT molecular complexity index is 919. The Morgan fingerprint density at radius 2 is 1.40 bits per heavy atom. The number of imide groups is 1. The van der Waals surface area contributed by atoms with Crippen molar-refractivity contribution in [1.82, 2.24) is 0 Å². The summed E-state index contributed by atoms with van der Waals surface area (Å²) in [6.07, 6.45) is 0.593. The van der Waals surface area contributed by atoms with Gasteiger partial charge in [0.25, 0.3) is 5.91 Å². The van der Waals surface area contributed by atoms with Crippen molar-refractivity contribution in [2.75, 3.05) is 4.90 Å². The fraction of sp³-hybridized carbons (Fsp3) is 0.0909. The van der Waals surface area contributed by atoms with E-state index in [1.165, 1.54) is 4.90 Å². The monoisotopic (exact) mass is 327 g/mol. The Hall–Kier alpha value is -3.20. The summed E-state index contributed by atoms with van der Waals surface area (Å²) in [6, 6.07) is 26.4. The van der Waals surface area contributed by atoms with E-state index in [9.17, 15) is 9.59 Å². The summed E-state index contributed by atoms with van der Waals surface area (Å²) in [5.41, 5.74) is 3.22. The molecule has 25 heavy (non-hydrogen) atoms. The van der Waals surface area contributed by atoms with Crippen LogP contribution in [-0.4, -0.2) is 11.8 Å². The van der Waals surface area contributed by atoms with Gasteiger partial charge in [0.05, 0.1) is 11.6 Å². The molecule has 0 saturated carbocycles. The SMILES string of the molecule is O=C(c1ccccc1)N1C(=O)C(Cc2ccccc2)c2ccccc21. The Kier molecular flexibility index (Phi) is 3.90. The summed E-state index contributed by atoms with van der Waals surface area (Å²) in [6.45, 7) is 0. The minimum atomic E-state index is -0.328. The molecule has 1 aliphatic rings. The quantitative estimate of drug-likeness (QED) is 0.676. The maximum Gasteiger partial charge on any atom is 0.265 e. The van der Waals surface area contributed by atoms with Crippen molar-refractivity contribution in [3.05, 3.63) is 102 Å². The zero-order valence-electron chi connectivity index (χ0n) is 13.6. The van der Waals surface area contributed by atoms with Gasteiger partial charge in [-0.15, -0.1) is 0 Å². The molecule has 1 aliphatic heterocycles. The second-order valence-electron chi connectivity index (χ2n) is 6.15. The van der Waals surface area contributed by atoms with Gasteiger partial charge in [-0.2, -0.15) is 0 Å². The molecule has 3 aromatic carbocycles.